The largest absolute Gasteiger partial charge is 0.468 e. The van der Waals surface area contributed by atoms with Gasteiger partial charge in [0.1, 0.15) is 20.2 Å². The molecule has 0 aliphatic heterocycles. The zero-order chi connectivity index (χ0) is 11.7. The molecule has 15 heavy (non-hydrogen) atoms. The van der Waals surface area contributed by atoms with Crippen molar-refractivity contribution in [1.29, 1.82) is 0 Å². The fourth-order valence-corrected chi connectivity index (χ4v) is 2.58. The van der Waals surface area contributed by atoms with Gasteiger partial charge < -0.3 is 14.1 Å². The van der Waals surface area contributed by atoms with Crippen LogP contribution in [0, 0.1) is 0 Å². The van der Waals surface area contributed by atoms with E-state index >= 15 is 0 Å². The van der Waals surface area contributed by atoms with Gasteiger partial charge in [0, 0.05) is 19.2 Å². The van der Waals surface area contributed by atoms with Crippen LogP contribution in [-0.4, -0.2) is 55.8 Å². The summed E-state index contributed by atoms with van der Waals surface area (Å²) < 4.78 is 10.8. The van der Waals surface area contributed by atoms with Crippen molar-refractivity contribution < 1.29 is 14.1 Å². The lowest BCUT2D eigenvalue weighted by Crippen LogP contribution is -2.29. The Morgan fingerprint density at radius 2 is 2.07 bits per heavy atom. The fourth-order valence-electron chi connectivity index (χ4n) is 1.14. The Labute approximate surface area is 98.4 Å². The lowest BCUT2D eigenvalue weighted by molar-refractivity contribution is -0.120. The zero-order valence-corrected chi connectivity index (χ0v) is 13.8. The maximum absolute atomic E-state index is 9.40. The van der Waals surface area contributed by atoms with Gasteiger partial charge in [0.25, 0.3) is 0 Å². The Kier molecular flexibility index (Phi) is 9.67. The SMILES string of the molecule is CC(C[SiH2]O[SiH3])OCCCN(O)C(C)C. The van der Waals surface area contributed by atoms with Gasteiger partial charge in [-0.15, -0.1) is 0 Å². The first-order chi connectivity index (χ1) is 7.07. The molecule has 0 aromatic carbocycles. The molecular formula is C9H25NO3Si2. The number of hydroxylamine groups is 2. The Hall–Kier alpha value is 0.274. The number of hydrogen-bond acceptors (Lipinski definition) is 4. The number of nitrogens with zero attached hydrogens (tertiary/aromatic N) is 1. The summed E-state index contributed by atoms with van der Waals surface area (Å²) >= 11 is 0. The fraction of sp³-hybridized carbons (Fsp3) is 1.00. The van der Waals surface area contributed by atoms with Crippen LogP contribution in [0.2, 0.25) is 6.04 Å². The smallest absolute Gasteiger partial charge is 0.148 e. The van der Waals surface area contributed by atoms with E-state index in [0.717, 1.165) is 29.6 Å². The minimum Gasteiger partial charge on any atom is -0.468 e. The number of hydrogen-bond donors (Lipinski definition) is 1. The molecule has 1 unspecified atom stereocenters. The van der Waals surface area contributed by atoms with Crippen LogP contribution in [0.1, 0.15) is 27.2 Å². The first-order valence-corrected chi connectivity index (χ1v) is 8.03. The third-order valence-electron chi connectivity index (χ3n) is 2.26. The lowest BCUT2D eigenvalue weighted by Gasteiger charge is -2.19. The number of rotatable bonds is 9. The Morgan fingerprint density at radius 3 is 2.60 bits per heavy atom. The second kappa shape index (κ2) is 9.50. The van der Waals surface area contributed by atoms with Crippen LogP contribution in [0.5, 0.6) is 0 Å². The van der Waals surface area contributed by atoms with Crippen molar-refractivity contribution in [1.82, 2.24) is 5.06 Å². The van der Waals surface area contributed by atoms with E-state index in [0.29, 0.717) is 12.6 Å². The second-order valence-electron chi connectivity index (χ2n) is 4.07. The van der Waals surface area contributed by atoms with Gasteiger partial charge >= 0.3 is 0 Å². The van der Waals surface area contributed by atoms with Crippen LogP contribution in [0.3, 0.4) is 0 Å². The Balaban J connectivity index is 3.30. The highest BCUT2D eigenvalue weighted by Gasteiger charge is 2.05. The van der Waals surface area contributed by atoms with Crippen LogP contribution in [0.4, 0.5) is 0 Å². The molecule has 6 heteroatoms. The molecular weight excluding hydrogens is 226 g/mol. The second-order valence-corrected chi connectivity index (χ2v) is 7.37. The molecule has 0 aromatic rings. The van der Waals surface area contributed by atoms with Crippen LogP contribution in [-0.2, 0) is 8.85 Å². The van der Waals surface area contributed by atoms with Crippen molar-refractivity contribution in [3.05, 3.63) is 0 Å². The average Bonchev–Trinajstić information content (AvgIpc) is 2.20. The van der Waals surface area contributed by atoms with E-state index < -0.39 is 0 Å². The molecule has 1 N–H and O–H groups in total. The van der Waals surface area contributed by atoms with E-state index in [1.807, 2.05) is 13.8 Å². The molecule has 0 aliphatic rings. The molecule has 0 radical (unpaired) electrons. The molecule has 0 rings (SSSR count). The summed E-state index contributed by atoms with van der Waals surface area (Å²) in [6.45, 7) is 7.43. The highest BCUT2D eigenvalue weighted by Crippen LogP contribution is 2.00. The maximum Gasteiger partial charge on any atom is 0.148 e. The molecule has 0 amide bonds. The van der Waals surface area contributed by atoms with E-state index in [-0.39, 0.29) is 15.8 Å². The van der Waals surface area contributed by atoms with Crippen LogP contribution in [0.25, 0.3) is 0 Å². The van der Waals surface area contributed by atoms with Gasteiger partial charge in [0.05, 0.1) is 6.10 Å². The predicted octanol–water partition coefficient (Wildman–Crippen LogP) is -0.320. The average molecular weight is 251 g/mol. The van der Waals surface area contributed by atoms with Crippen molar-refractivity contribution in [2.75, 3.05) is 13.2 Å². The van der Waals surface area contributed by atoms with Gasteiger partial charge in [-0.2, -0.15) is 5.06 Å². The van der Waals surface area contributed by atoms with Crippen LogP contribution < -0.4 is 0 Å². The topological polar surface area (TPSA) is 41.9 Å². The van der Waals surface area contributed by atoms with Crippen LogP contribution in [0.15, 0.2) is 0 Å². The molecule has 4 nitrogen and oxygen atoms in total. The molecule has 0 aliphatic carbocycles. The van der Waals surface area contributed by atoms with Gasteiger partial charge in [-0.05, 0) is 33.2 Å². The Bertz CT molecular complexity index is 149. The molecule has 92 valence electrons. The molecule has 0 saturated carbocycles. The number of ether oxygens (including phenoxy) is 1. The summed E-state index contributed by atoms with van der Waals surface area (Å²) in [5, 5.41) is 10.8. The monoisotopic (exact) mass is 251 g/mol. The Morgan fingerprint density at radius 1 is 1.40 bits per heavy atom. The third kappa shape index (κ3) is 9.22. The predicted molar refractivity (Wildman–Crippen MR) is 68.0 cm³/mol. The molecule has 0 heterocycles. The van der Waals surface area contributed by atoms with E-state index in [2.05, 4.69) is 6.92 Å². The highest BCUT2D eigenvalue weighted by atomic mass is 28.3. The first-order valence-electron chi connectivity index (χ1n) is 5.64. The summed E-state index contributed by atoms with van der Waals surface area (Å²) in [7, 11) is 0.550. The minimum atomic E-state index is -0.312. The summed E-state index contributed by atoms with van der Waals surface area (Å²) in [5.74, 6) is 0. The van der Waals surface area contributed by atoms with Gasteiger partial charge in [0.2, 0.25) is 0 Å². The van der Waals surface area contributed by atoms with E-state index in [4.69, 9.17) is 8.85 Å². The van der Waals surface area contributed by atoms with Gasteiger partial charge in [0.15, 0.2) is 0 Å². The minimum absolute atomic E-state index is 0.188. The molecule has 0 aromatic heterocycles. The van der Waals surface area contributed by atoms with Crippen molar-refractivity contribution in [2.24, 2.45) is 0 Å². The highest BCUT2D eigenvalue weighted by molar-refractivity contribution is 6.34. The molecule has 0 fully saturated rings. The van der Waals surface area contributed by atoms with Gasteiger partial charge in [-0.1, -0.05) is 0 Å². The molecule has 1 atom stereocenters. The normalized spacial score (nSPS) is 14.8. The van der Waals surface area contributed by atoms with Gasteiger partial charge in [-0.3, -0.25) is 0 Å². The summed E-state index contributed by atoms with van der Waals surface area (Å²) in [6.07, 6.45) is 1.19. The lowest BCUT2D eigenvalue weighted by atomic mass is 10.3. The standard InChI is InChI=1S/C9H25NO3Si2/c1-8(2)10(11)5-4-6-12-9(3)7-15-13-14/h8-9,11H,4-7,15H2,1-3,14H3. The van der Waals surface area contributed by atoms with Crippen LogP contribution >= 0.6 is 0 Å². The molecule has 0 bridgehead atoms. The summed E-state index contributed by atoms with van der Waals surface area (Å²) in [6, 6.07) is 1.28. The third-order valence-corrected chi connectivity index (χ3v) is 4.94. The van der Waals surface area contributed by atoms with Crippen molar-refractivity contribution in [3.8, 4) is 0 Å². The quantitative estimate of drug-likeness (QED) is 0.346. The molecule has 0 saturated heterocycles. The summed E-state index contributed by atoms with van der Waals surface area (Å²) in [4.78, 5) is 0. The van der Waals surface area contributed by atoms with Crippen molar-refractivity contribution in [3.63, 3.8) is 0 Å². The first kappa shape index (κ1) is 15.3. The summed E-state index contributed by atoms with van der Waals surface area (Å²) in [5.41, 5.74) is 0. The molecule has 0 spiro atoms. The zero-order valence-electron chi connectivity index (χ0n) is 10.4. The van der Waals surface area contributed by atoms with E-state index in [9.17, 15) is 5.21 Å². The van der Waals surface area contributed by atoms with Crippen molar-refractivity contribution >= 4 is 20.2 Å². The van der Waals surface area contributed by atoms with E-state index in [1.165, 1.54) is 5.06 Å². The van der Waals surface area contributed by atoms with E-state index in [1.54, 1.807) is 0 Å². The maximum atomic E-state index is 9.40. The van der Waals surface area contributed by atoms with Gasteiger partial charge in [-0.25, -0.2) is 0 Å². The van der Waals surface area contributed by atoms with Crippen molar-refractivity contribution in [2.45, 2.75) is 45.4 Å².